The van der Waals surface area contributed by atoms with Crippen LogP contribution in [0.1, 0.15) is 39.5 Å². The number of rotatable bonds is 8. The number of nitrogens with zero attached hydrogens (tertiary/aromatic N) is 1. The SMILES string of the molecule is CC(=O)Nc1ccc(OP(=O)(Oc2ccc(NC(C)=O)cc2)[C@@H]2CCCN2C(=O)[C@@H]2CCCN2)cc1.Cl. The molecule has 0 bridgehead atoms. The molecule has 2 saturated heterocycles. The predicted octanol–water partition coefficient (Wildman–Crippen LogP) is 4.38. The van der Waals surface area contributed by atoms with Crippen LogP contribution in [0, 0.1) is 0 Å². The van der Waals surface area contributed by atoms with E-state index in [1.54, 1.807) is 53.4 Å². The Morgan fingerprint density at radius 3 is 1.81 bits per heavy atom. The van der Waals surface area contributed by atoms with Crippen molar-refractivity contribution in [2.75, 3.05) is 23.7 Å². The van der Waals surface area contributed by atoms with Gasteiger partial charge in [-0.1, -0.05) is 0 Å². The zero-order valence-corrected chi connectivity index (χ0v) is 22.5. The lowest BCUT2D eigenvalue weighted by atomic mass is 10.2. The molecule has 0 spiro atoms. The third kappa shape index (κ3) is 7.25. The highest BCUT2D eigenvalue weighted by atomic mass is 35.5. The van der Waals surface area contributed by atoms with Crippen molar-refractivity contribution < 1.29 is 28.0 Å². The smallest absolute Gasteiger partial charge is 0.415 e. The van der Waals surface area contributed by atoms with Gasteiger partial charge in [-0.05, 0) is 80.8 Å². The zero-order chi connectivity index (χ0) is 25.7. The number of hydrogen-bond donors (Lipinski definition) is 3. The van der Waals surface area contributed by atoms with Crippen molar-refractivity contribution in [2.24, 2.45) is 0 Å². The molecule has 2 aromatic carbocycles. The largest absolute Gasteiger partial charge is 0.453 e. The van der Waals surface area contributed by atoms with Crippen molar-refractivity contribution >= 4 is 49.1 Å². The van der Waals surface area contributed by atoms with Crippen LogP contribution in [0.2, 0.25) is 0 Å². The highest BCUT2D eigenvalue weighted by Crippen LogP contribution is 2.57. The van der Waals surface area contributed by atoms with Crippen molar-refractivity contribution in [3.63, 3.8) is 0 Å². The number of hydrogen-bond acceptors (Lipinski definition) is 7. The Labute approximate surface area is 222 Å². The van der Waals surface area contributed by atoms with Crippen molar-refractivity contribution in [3.8, 4) is 11.5 Å². The molecule has 3 amide bonds. The maximum Gasteiger partial charge on any atom is 0.453 e. The first-order valence-electron chi connectivity index (χ1n) is 12.0. The summed E-state index contributed by atoms with van der Waals surface area (Å²) in [7, 11) is -3.94. The molecule has 2 atom stereocenters. The van der Waals surface area contributed by atoms with E-state index in [0.717, 1.165) is 19.4 Å². The highest BCUT2D eigenvalue weighted by molar-refractivity contribution is 7.55. The first-order chi connectivity index (χ1) is 17.2. The van der Waals surface area contributed by atoms with Gasteiger partial charge in [-0.3, -0.25) is 14.4 Å². The van der Waals surface area contributed by atoms with E-state index in [1.165, 1.54) is 13.8 Å². The number of benzene rings is 2. The first kappa shape index (κ1) is 28.5. The van der Waals surface area contributed by atoms with E-state index in [9.17, 15) is 18.9 Å². The number of carbonyl (C=O) groups excluding carboxylic acids is 3. The predicted molar refractivity (Wildman–Crippen MR) is 143 cm³/mol. The number of halogens is 1. The second kappa shape index (κ2) is 12.4. The van der Waals surface area contributed by atoms with E-state index in [2.05, 4.69) is 16.0 Å². The monoisotopic (exact) mass is 550 g/mol. The van der Waals surface area contributed by atoms with E-state index in [0.29, 0.717) is 42.3 Å². The average Bonchev–Trinajstić information content (AvgIpc) is 3.54. The fourth-order valence-corrected chi connectivity index (χ4v) is 6.65. The molecule has 4 rings (SSSR count). The Morgan fingerprint density at radius 2 is 1.38 bits per heavy atom. The van der Waals surface area contributed by atoms with Crippen LogP contribution in [-0.4, -0.2) is 47.5 Å². The summed E-state index contributed by atoms with van der Waals surface area (Å²) in [5, 5.41) is 8.57. The second-order valence-electron chi connectivity index (χ2n) is 8.94. The molecule has 0 aliphatic carbocycles. The molecule has 3 N–H and O–H groups in total. The fourth-order valence-electron chi connectivity index (χ4n) is 4.47. The Balaban J connectivity index is 0.00000380. The lowest BCUT2D eigenvalue weighted by Gasteiger charge is -2.32. The summed E-state index contributed by atoms with van der Waals surface area (Å²) in [6.07, 6.45) is 2.82. The van der Waals surface area contributed by atoms with Crippen LogP contribution < -0.4 is 25.0 Å². The molecule has 12 heteroatoms. The van der Waals surface area contributed by atoms with Crippen molar-refractivity contribution in [2.45, 2.75) is 51.4 Å². The summed E-state index contributed by atoms with van der Waals surface area (Å²) in [6.45, 7) is 4.07. The molecule has 0 unspecified atom stereocenters. The van der Waals surface area contributed by atoms with Gasteiger partial charge in [0, 0.05) is 31.8 Å². The third-order valence-electron chi connectivity index (χ3n) is 6.04. The van der Waals surface area contributed by atoms with E-state index in [4.69, 9.17) is 9.05 Å². The topological polar surface area (TPSA) is 126 Å². The minimum Gasteiger partial charge on any atom is -0.415 e. The Hall–Kier alpha value is -3.07. The summed E-state index contributed by atoms with van der Waals surface area (Å²) in [4.78, 5) is 37.5. The van der Waals surface area contributed by atoms with Crippen LogP contribution in [-0.2, 0) is 18.9 Å². The number of carbonyl (C=O) groups is 3. The van der Waals surface area contributed by atoms with Crippen LogP contribution in [0.4, 0.5) is 11.4 Å². The lowest BCUT2D eigenvalue weighted by Crippen LogP contribution is -2.46. The van der Waals surface area contributed by atoms with Crippen molar-refractivity contribution in [1.29, 1.82) is 0 Å². The number of amides is 3. The summed E-state index contributed by atoms with van der Waals surface area (Å²) < 4.78 is 26.5. The Kier molecular flexibility index (Phi) is 9.59. The molecule has 0 radical (unpaired) electrons. The van der Waals surface area contributed by atoms with Gasteiger partial charge in [0.25, 0.3) is 0 Å². The molecular formula is C25H32ClN4O6P. The average molecular weight is 551 g/mol. The molecule has 10 nitrogen and oxygen atoms in total. The fraction of sp³-hybridized carbons (Fsp3) is 0.400. The van der Waals surface area contributed by atoms with Gasteiger partial charge in [0.15, 0.2) is 5.78 Å². The summed E-state index contributed by atoms with van der Waals surface area (Å²) in [6, 6.07) is 12.7. The van der Waals surface area contributed by atoms with E-state index in [1.807, 2.05) is 0 Å². The molecule has 2 aliphatic heterocycles. The standard InChI is InChI=1S/C25H31N4O6P.ClH/c1-17(30)27-19-7-11-21(12-8-19)34-36(33,35-22-13-9-20(10-14-22)28-18(2)31)24-6-4-16-29(24)25(32)23-5-3-15-26-23;/h7-14,23-24,26H,3-6,15-16H2,1-2H3,(H,27,30)(H,28,31);1H/t23-,24+;/m0./s1. The van der Waals surface area contributed by atoms with Gasteiger partial charge < -0.3 is 29.9 Å². The van der Waals surface area contributed by atoms with E-state index < -0.39 is 13.4 Å². The normalized spacial score (nSPS) is 19.0. The highest BCUT2D eigenvalue weighted by Gasteiger charge is 2.48. The first-order valence-corrected chi connectivity index (χ1v) is 13.6. The van der Waals surface area contributed by atoms with E-state index >= 15 is 0 Å². The maximum absolute atomic E-state index is 14.4. The van der Waals surface area contributed by atoms with Crippen LogP contribution in [0.5, 0.6) is 11.5 Å². The van der Waals surface area contributed by atoms with Gasteiger partial charge in [-0.15, -0.1) is 12.4 Å². The van der Waals surface area contributed by atoms with Crippen LogP contribution in [0.25, 0.3) is 0 Å². The number of likely N-dealkylation sites (tertiary alicyclic amines) is 1. The number of nitrogens with one attached hydrogen (secondary N) is 3. The van der Waals surface area contributed by atoms with Gasteiger partial charge in [0.1, 0.15) is 11.5 Å². The molecular weight excluding hydrogens is 519 g/mol. The van der Waals surface area contributed by atoms with Crippen LogP contribution >= 0.6 is 20.0 Å². The molecule has 2 heterocycles. The second-order valence-corrected chi connectivity index (χ2v) is 11.0. The van der Waals surface area contributed by atoms with Gasteiger partial charge in [-0.2, -0.15) is 0 Å². The summed E-state index contributed by atoms with van der Waals surface area (Å²) in [5.41, 5.74) is 1.15. The van der Waals surface area contributed by atoms with Gasteiger partial charge >= 0.3 is 7.60 Å². The molecule has 2 aromatic rings. The van der Waals surface area contributed by atoms with Gasteiger partial charge in [-0.25, -0.2) is 4.57 Å². The maximum atomic E-state index is 14.4. The summed E-state index contributed by atoms with van der Waals surface area (Å²) in [5.74, 6) is -0.676. The van der Waals surface area contributed by atoms with Crippen LogP contribution in [0.15, 0.2) is 48.5 Å². The minimum absolute atomic E-state index is 0. The van der Waals surface area contributed by atoms with Crippen molar-refractivity contribution in [3.05, 3.63) is 48.5 Å². The van der Waals surface area contributed by atoms with E-state index in [-0.39, 0.29) is 36.2 Å². The zero-order valence-electron chi connectivity index (χ0n) is 20.8. The van der Waals surface area contributed by atoms with Gasteiger partial charge in [0.05, 0.1) is 6.04 Å². The molecule has 37 heavy (non-hydrogen) atoms. The summed E-state index contributed by atoms with van der Waals surface area (Å²) >= 11 is 0. The number of anilines is 2. The van der Waals surface area contributed by atoms with Gasteiger partial charge in [0.2, 0.25) is 17.7 Å². The third-order valence-corrected chi connectivity index (χ3v) is 8.24. The molecule has 0 saturated carbocycles. The Bertz CT molecular complexity index is 1090. The van der Waals surface area contributed by atoms with Crippen LogP contribution in [0.3, 0.4) is 0 Å². The quantitative estimate of drug-likeness (QED) is 0.416. The molecule has 2 fully saturated rings. The van der Waals surface area contributed by atoms with Crippen molar-refractivity contribution in [1.82, 2.24) is 10.2 Å². The molecule has 200 valence electrons. The minimum atomic E-state index is -3.94. The molecule has 0 aromatic heterocycles. The Morgan fingerprint density at radius 1 is 0.865 bits per heavy atom. The molecule has 2 aliphatic rings. The lowest BCUT2D eigenvalue weighted by molar-refractivity contribution is -0.132.